The summed E-state index contributed by atoms with van der Waals surface area (Å²) < 4.78 is 0. The van der Waals surface area contributed by atoms with Crippen molar-refractivity contribution in [2.24, 2.45) is 11.3 Å². The third-order valence-corrected chi connectivity index (χ3v) is 5.69. The summed E-state index contributed by atoms with van der Waals surface area (Å²) in [5.41, 5.74) is 0.952. The highest BCUT2D eigenvalue weighted by molar-refractivity contribution is 6.01. The summed E-state index contributed by atoms with van der Waals surface area (Å²) in [6, 6.07) is 1.58. The number of hydrogen-bond acceptors (Lipinski definition) is 3. The van der Waals surface area contributed by atoms with Crippen LogP contribution < -0.4 is 10.9 Å². The first kappa shape index (κ1) is 17.9. The molecule has 25 heavy (non-hydrogen) atoms. The Morgan fingerprint density at radius 3 is 2.56 bits per heavy atom. The summed E-state index contributed by atoms with van der Waals surface area (Å²) in [5, 5.41) is 3.08. The van der Waals surface area contributed by atoms with Crippen molar-refractivity contribution in [3.05, 3.63) is 33.2 Å². The number of nitrogens with one attached hydrogen (secondary N) is 2. The Balaban J connectivity index is 1.85. The van der Waals surface area contributed by atoms with Crippen LogP contribution in [-0.4, -0.2) is 22.7 Å². The Hall–Kier alpha value is -1.91. The predicted molar refractivity (Wildman–Crippen MR) is 97.0 cm³/mol. The van der Waals surface area contributed by atoms with Gasteiger partial charge in [0, 0.05) is 23.7 Å². The molecule has 2 atom stereocenters. The number of pyridine rings is 1. The highest BCUT2D eigenvalue weighted by atomic mass is 16.2. The van der Waals surface area contributed by atoms with Gasteiger partial charge in [0.1, 0.15) is 5.56 Å². The monoisotopic (exact) mass is 344 g/mol. The second-order valence-electron chi connectivity index (χ2n) is 8.52. The minimum atomic E-state index is -0.394. The number of rotatable bonds is 2. The lowest BCUT2D eigenvalue weighted by Gasteiger charge is -2.40. The van der Waals surface area contributed by atoms with Gasteiger partial charge in [-0.1, -0.05) is 33.6 Å². The molecule has 3 rings (SSSR count). The van der Waals surface area contributed by atoms with E-state index in [1.54, 1.807) is 0 Å². The van der Waals surface area contributed by atoms with Gasteiger partial charge in [0.2, 0.25) is 0 Å². The maximum atomic E-state index is 12.8. The second kappa shape index (κ2) is 6.77. The zero-order chi connectivity index (χ0) is 18.2. The topological polar surface area (TPSA) is 79.0 Å². The number of hydrogen-bond donors (Lipinski definition) is 2. The Labute approximate surface area is 148 Å². The van der Waals surface area contributed by atoms with Crippen LogP contribution in [0.2, 0.25) is 0 Å². The third kappa shape index (κ3) is 3.70. The summed E-state index contributed by atoms with van der Waals surface area (Å²) in [7, 11) is 0. The number of aryl methyl sites for hydroxylation is 1. The van der Waals surface area contributed by atoms with E-state index in [1.165, 1.54) is 12.5 Å². The first-order valence-electron chi connectivity index (χ1n) is 9.37. The fourth-order valence-corrected chi connectivity index (χ4v) is 4.33. The summed E-state index contributed by atoms with van der Waals surface area (Å²) >= 11 is 0. The number of aromatic nitrogens is 1. The molecule has 2 unspecified atom stereocenters. The molecule has 1 aromatic rings. The van der Waals surface area contributed by atoms with Gasteiger partial charge in [0.25, 0.3) is 11.5 Å². The van der Waals surface area contributed by atoms with Crippen LogP contribution in [-0.2, 0) is 6.42 Å². The molecule has 1 saturated carbocycles. The molecule has 0 bridgehead atoms. The van der Waals surface area contributed by atoms with E-state index in [2.05, 4.69) is 31.1 Å². The van der Waals surface area contributed by atoms with Gasteiger partial charge in [-0.3, -0.25) is 14.4 Å². The van der Waals surface area contributed by atoms with Crippen molar-refractivity contribution in [3.8, 4) is 0 Å². The quantitative estimate of drug-likeness (QED) is 0.864. The van der Waals surface area contributed by atoms with Crippen LogP contribution in [0.4, 0.5) is 0 Å². The van der Waals surface area contributed by atoms with E-state index < -0.39 is 5.56 Å². The largest absolute Gasteiger partial charge is 0.349 e. The highest BCUT2D eigenvalue weighted by Gasteiger charge is 2.35. The zero-order valence-corrected chi connectivity index (χ0v) is 15.4. The molecule has 0 aliphatic heterocycles. The van der Waals surface area contributed by atoms with E-state index in [-0.39, 0.29) is 28.7 Å². The van der Waals surface area contributed by atoms with Gasteiger partial charge in [0.05, 0.1) is 0 Å². The molecule has 5 heteroatoms. The summed E-state index contributed by atoms with van der Waals surface area (Å²) in [5.74, 6) is 0.0453. The molecular formula is C20H28N2O3. The van der Waals surface area contributed by atoms with Crippen LogP contribution in [0.25, 0.3) is 0 Å². The Kier molecular flexibility index (Phi) is 4.85. The van der Waals surface area contributed by atoms with E-state index in [1.807, 2.05) is 0 Å². The van der Waals surface area contributed by atoms with Gasteiger partial charge in [-0.05, 0) is 43.1 Å². The van der Waals surface area contributed by atoms with Crippen molar-refractivity contribution in [2.45, 2.75) is 71.8 Å². The van der Waals surface area contributed by atoms with Crippen LogP contribution >= 0.6 is 0 Å². The molecule has 1 heterocycles. The number of ketones is 1. The van der Waals surface area contributed by atoms with E-state index in [4.69, 9.17) is 0 Å². The Morgan fingerprint density at radius 2 is 1.84 bits per heavy atom. The maximum Gasteiger partial charge on any atom is 0.261 e. The summed E-state index contributed by atoms with van der Waals surface area (Å²) in [4.78, 5) is 39.9. The van der Waals surface area contributed by atoms with Crippen molar-refractivity contribution in [1.82, 2.24) is 10.3 Å². The summed E-state index contributed by atoms with van der Waals surface area (Å²) in [6.07, 6.45) is 6.23. The van der Waals surface area contributed by atoms with E-state index in [9.17, 15) is 14.4 Å². The first-order chi connectivity index (χ1) is 11.8. The molecule has 5 nitrogen and oxygen atoms in total. The molecule has 0 saturated heterocycles. The smallest absolute Gasteiger partial charge is 0.261 e. The number of H-pyrrole nitrogens is 1. The Bertz CT molecular complexity index is 742. The van der Waals surface area contributed by atoms with E-state index in [0.717, 1.165) is 25.7 Å². The van der Waals surface area contributed by atoms with Crippen molar-refractivity contribution >= 4 is 11.7 Å². The maximum absolute atomic E-state index is 12.8. The molecular weight excluding hydrogens is 316 g/mol. The van der Waals surface area contributed by atoms with Crippen LogP contribution in [0, 0.1) is 11.3 Å². The average molecular weight is 344 g/mol. The van der Waals surface area contributed by atoms with Gasteiger partial charge < -0.3 is 10.3 Å². The molecule has 1 fully saturated rings. The average Bonchev–Trinajstić information content (AvgIpc) is 2.54. The normalized spacial score (nSPS) is 23.9. The van der Waals surface area contributed by atoms with Gasteiger partial charge in [-0.2, -0.15) is 0 Å². The Morgan fingerprint density at radius 1 is 1.12 bits per heavy atom. The van der Waals surface area contributed by atoms with Gasteiger partial charge >= 0.3 is 0 Å². The number of aromatic amines is 1. The first-order valence-corrected chi connectivity index (χ1v) is 9.37. The van der Waals surface area contributed by atoms with Crippen LogP contribution in [0.1, 0.15) is 85.7 Å². The van der Waals surface area contributed by atoms with Crippen molar-refractivity contribution in [3.63, 3.8) is 0 Å². The van der Waals surface area contributed by atoms with E-state index in [0.29, 0.717) is 30.0 Å². The summed E-state index contributed by atoms with van der Waals surface area (Å²) in [6.45, 7) is 6.60. The molecule has 1 aromatic heterocycles. The SMILES string of the molecule is CC(C)(C)C1CCCCC1NC(=O)c1cc2c([nH]c1=O)CCCC2=O. The molecule has 2 N–H and O–H groups in total. The lowest BCUT2D eigenvalue weighted by molar-refractivity contribution is 0.0828. The molecule has 2 aliphatic carbocycles. The standard InChI is InChI=1S/C20H28N2O3/c1-20(2,3)14-7-4-5-8-16(14)22-19(25)13-11-12-15(21-18(13)24)9-6-10-17(12)23/h11,14,16H,4-10H2,1-3H3,(H,21,24)(H,22,25). The van der Waals surface area contributed by atoms with Crippen LogP contribution in [0.5, 0.6) is 0 Å². The molecule has 136 valence electrons. The lowest BCUT2D eigenvalue weighted by atomic mass is 9.69. The van der Waals surface area contributed by atoms with Crippen LogP contribution in [0.15, 0.2) is 10.9 Å². The lowest BCUT2D eigenvalue weighted by Crippen LogP contribution is -2.47. The molecule has 0 spiro atoms. The molecule has 0 aromatic carbocycles. The number of Topliss-reactive ketones (excluding diaryl/α,β-unsaturated/α-hetero) is 1. The third-order valence-electron chi connectivity index (χ3n) is 5.69. The zero-order valence-electron chi connectivity index (χ0n) is 15.4. The predicted octanol–water partition coefficient (Wildman–Crippen LogP) is 3.23. The number of fused-ring (bicyclic) bond motifs is 1. The number of amides is 1. The van der Waals surface area contributed by atoms with Crippen molar-refractivity contribution in [1.29, 1.82) is 0 Å². The van der Waals surface area contributed by atoms with Gasteiger partial charge in [0.15, 0.2) is 5.78 Å². The minimum absolute atomic E-state index is 0.0109. The van der Waals surface area contributed by atoms with Gasteiger partial charge in [-0.25, -0.2) is 0 Å². The van der Waals surface area contributed by atoms with Crippen molar-refractivity contribution in [2.75, 3.05) is 0 Å². The fraction of sp³-hybridized carbons (Fsp3) is 0.650. The molecule has 0 radical (unpaired) electrons. The number of carbonyl (C=O) groups is 2. The fourth-order valence-electron chi connectivity index (χ4n) is 4.33. The van der Waals surface area contributed by atoms with Crippen LogP contribution in [0.3, 0.4) is 0 Å². The van der Waals surface area contributed by atoms with Crippen molar-refractivity contribution < 1.29 is 9.59 Å². The van der Waals surface area contributed by atoms with E-state index >= 15 is 0 Å². The minimum Gasteiger partial charge on any atom is -0.349 e. The molecule has 1 amide bonds. The highest BCUT2D eigenvalue weighted by Crippen LogP contribution is 2.38. The molecule has 2 aliphatic rings. The van der Waals surface area contributed by atoms with Gasteiger partial charge in [-0.15, -0.1) is 0 Å². The second-order valence-corrected chi connectivity index (χ2v) is 8.52. The number of carbonyl (C=O) groups excluding carboxylic acids is 2.